The molecule has 1 unspecified atom stereocenters. The Bertz CT molecular complexity index is 1110. The van der Waals surface area contributed by atoms with Crippen molar-refractivity contribution in [1.29, 1.82) is 0 Å². The van der Waals surface area contributed by atoms with E-state index in [4.69, 9.17) is 10.7 Å². The number of nitrogens with zero attached hydrogens (tertiary/aromatic N) is 4. The van der Waals surface area contributed by atoms with Gasteiger partial charge in [0.2, 0.25) is 5.96 Å². The third-order valence-corrected chi connectivity index (χ3v) is 5.07. The van der Waals surface area contributed by atoms with E-state index < -0.39 is 0 Å². The zero-order chi connectivity index (χ0) is 22.0. The van der Waals surface area contributed by atoms with Crippen molar-refractivity contribution in [2.75, 3.05) is 0 Å². The number of aromatic nitrogens is 2. The maximum atomic E-state index is 5.94. The van der Waals surface area contributed by atoms with Crippen LogP contribution in [-0.4, -0.2) is 26.8 Å². The standard InChI is InChI=1S/C24H29N7/c1-16(2)21(10-17(3)25)28-24-29-22(11-23-27-18(4)13-31(23)24)20-12-26-30(15-20)14-19-8-6-5-7-9-19/h5-13,15,23,27H,14,25H2,1-4H3,(H,28,29)/b17-10-. The van der Waals surface area contributed by atoms with Crippen molar-refractivity contribution in [3.8, 4) is 0 Å². The molecule has 7 heteroatoms. The summed E-state index contributed by atoms with van der Waals surface area (Å²) in [5.74, 6) is 0.747. The Morgan fingerprint density at radius 3 is 2.71 bits per heavy atom. The Morgan fingerprint density at radius 2 is 2.00 bits per heavy atom. The summed E-state index contributed by atoms with van der Waals surface area (Å²) in [6, 6.07) is 10.3. The minimum Gasteiger partial charge on any atom is -0.402 e. The van der Waals surface area contributed by atoms with Gasteiger partial charge in [-0.25, -0.2) is 4.99 Å². The van der Waals surface area contributed by atoms with Crippen LogP contribution in [0, 0.1) is 0 Å². The number of rotatable bonds is 5. The van der Waals surface area contributed by atoms with Gasteiger partial charge in [0.25, 0.3) is 0 Å². The van der Waals surface area contributed by atoms with Gasteiger partial charge in [0, 0.05) is 35.1 Å². The van der Waals surface area contributed by atoms with E-state index in [2.05, 4.69) is 58.9 Å². The van der Waals surface area contributed by atoms with E-state index in [1.807, 2.05) is 55.2 Å². The molecule has 0 fully saturated rings. The molecule has 0 aliphatic carbocycles. The SMILES string of the molecule is CC1=CN2C(NC(/C=C(/C)N)=C(C)C)=NC(c3cnn(Cc4ccccc4)c3)=CC2N1. The van der Waals surface area contributed by atoms with E-state index in [-0.39, 0.29) is 6.17 Å². The molecule has 0 amide bonds. The molecule has 1 aromatic heterocycles. The van der Waals surface area contributed by atoms with E-state index in [9.17, 15) is 0 Å². The number of hydrogen-bond donors (Lipinski definition) is 3. The highest BCUT2D eigenvalue weighted by Gasteiger charge is 2.29. The number of benzene rings is 1. The lowest BCUT2D eigenvalue weighted by Crippen LogP contribution is -2.46. The Labute approximate surface area is 183 Å². The third kappa shape index (κ3) is 4.71. The first kappa shape index (κ1) is 20.5. The van der Waals surface area contributed by atoms with Crippen LogP contribution in [0.25, 0.3) is 5.70 Å². The van der Waals surface area contributed by atoms with Crippen LogP contribution in [0.3, 0.4) is 0 Å². The number of fused-ring (bicyclic) bond motifs is 1. The van der Waals surface area contributed by atoms with Crippen LogP contribution in [0.2, 0.25) is 0 Å². The molecular weight excluding hydrogens is 386 g/mol. The first-order valence-corrected chi connectivity index (χ1v) is 10.4. The molecule has 0 spiro atoms. The molecule has 0 saturated carbocycles. The van der Waals surface area contributed by atoms with E-state index in [1.165, 1.54) is 5.56 Å². The van der Waals surface area contributed by atoms with Crippen molar-refractivity contribution in [3.63, 3.8) is 0 Å². The van der Waals surface area contributed by atoms with E-state index in [1.54, 1.807) is 0 Å². The molecule has 31 heavy (non-hydrogen) atoms. The maximum absolute atomic E-state index is 5.94. The lowest BCUT2D eigenvalue weighted by atomic mass is 10.2. The molecule has 0 radical (unpaired) electrons. The predicted octanol–water partition coefficient (Wildman–Crippen LogP) is 3.48. The average molecular weight is 416 g/mol. The highest BCUT2D eigenvalue weighted by atomic mass is 15.4. The molecule has 4 rings (SSSR count). The number of guanidine groups is 1. The first-order valence-electron chi connectivity index (χ1n) is 10.4. The largest absolute Gasteiger partial charge is 0.402 e. The van der Waals surface area contributed by atoms with Crippen LogP contribution in [0.15, 0.2) is 88.7 Å². The molecule has 2 aliphatic heterocycles. The van der Waals surface area contributed by atoms with Gasteiger partial charge >= 0.3 is 0 Å². The van der Waals surface area contributed by atoms with Gasteiger partial charge in [-0.1, -0.05) is 35.9 Å². The Balaban J connectivity index is 1.63. The van der Waals surface area contributed by atoms with Crippen LogP contribution in [0.1, 0.15) is 38.8 Å². The fourth-order valence-electron chi connectivity index (χ4n) is 3.56. The van der Waals surface area contributed by atoms with Crippen LogP contribution >= 0.6 is 0 Å². The summed E-state index contributed by atoms with van der Waals surface area (Å²) in [6.45, 7) is 8.75. The van der Waals surface area contributed by atoms with Crippen LogP contribution < -0.4 is 16.4 Å². The predicted molar refractivity (Wildman–Crippen MR) is 125 cm³/mol. The van der Waals surface area contributed by atoms with E-state index >= 15 is 0 Å². The smallest absolute Gasteiger partial charge is 0.209 e. The molecule has 2 aliphatic rings. The summed E-state index contributed by atoms with van der Waals surface area (Å²) in [4.78, 5) is 7.02. The van der Waals surface area contributed by atoms with Gasteiger partial charge in [0.05, 0.1) is 18.4 Å². The van der Waals surface area contributed by atoms with E-state index in [0.717, 1.165) is 46.4 Å². The average Bonchev–Trinajstić information content (AvgIpc) is 3.33. The highest BCUT2D eigenvalue weighted by molar-refractivity contribution is 5.91. The summed E-state index contributed by atoms with van der Waals surface area (Å²) < 4.78 is 1.94. The zero-order valence-corrected chi connectivity index (χ0v) is 18.4. The summed E-state index contributed by atoms with van der Waals surface area (Å²) >= 11 is 0. The minimum atomic E-state index is -0.00570. The van der Waals surface area contributed by atoms with Crippen LogP contribution in [0.5, 0.6) is 0 Å². The van der Waals surface area contributed by atoms with Crippen molar-refractivity contribution >= 4 is 11.7 Å². The molecule has 160 valence electrons. The quantitative estimate of drug-likeness (QED) is 0.651. The number of nitrogens with two attached hydrogens (primary N) is 1. The Hall–Kier alpha value is -3.74. The van der Waals surface area contributed by atoms with Gasteiger partial charge in [-0.05, 0) is 45.4 Å². The number of hydrogen-bond acceptors (Lipinski definition) is 6. The molecular formula is C24H29N7. The lowest BCUT2D eigenvalue weighted by Gasteiger charge is -2.29. The fourth-order valence-corrected chi connectivity index (χ4v) is 3.56. The Morgan fingerprint density at radius 1 is 1.23 bits per heavy atom. The summed E-state index contributed by atoms with van der Waals surface area (Å²) in [7, 11) is 0. The molecule has 7 nitrogen and oxygen atoms in total. The van der Waals surface area contributed by atoms with Gasteiger partial charge in [-0.2, -0.15) is 5.10 Å². The highest BCUT2D eigenvalue weighted by Crippen LogP contribution is 2.26. The molecule has 2 aromatic rings. The van der Waals surface area contributed by atoms with Gasteiger partial charge in [-0.3, -0.25) is 9.58 Å². The summed E-state index contributed by atoms with van der Waals surface area (Å²) in [6.07, 6.45) is 10.0. The van der Waals surface area contributed by atoms with Crippen LogP contribution in [0.4, 0.5) is 0 Å². The molecule has 0 saturated heterocycles. The van der Waals surface area contributed by atoms with Gasteiger partial charge < -0.3 is 16.4 Å². The normalized spacial score (nSPS) is 17.9. The second kappa shape index (κ2) is 8.55. The van der Waals surface area contributed by atoms with E-state index in [0.29, 0.717) is 0 Å². The third-order valence-electron chi connectivity index (χ3n) is 5.07. The number of aliphatic imine (C=N–C) groups is 1. The molecule has 3 heterocycles. The zero-order valence-electron chi connectivity index (χ0n) is 18.4. The van der Waals surface area contributed by atoms with Crippen molar-refractivity contribution in [1.82, 2.24) is 25.3 Å². The van der Waals surface area contributed by atoms with Gasteiger partial charge in [0.1, 0.15) is 6.17 Å². The molecule has 4 N–H and O–H groups in total. The van der Waals surface area contributed by atoms with Gasteiger partial charge in [0.15, 0.2) is 0 Å². The van der Waals surface area contributed by atoms with Gasteiger partial charge in [-0.15, -0.1) is 0 Å². The topological polar surface area (TPSA) is 83.5 Å². The monoisotopic (exact) mass is 415 g/mol. The number of allylic oxidation sites excluding steroid dienone is 4. The maximum Gasteiger partial charge on any atom is 0.209 e. The van der Waals surface area contributed by atoms with Crippen molar-refractivity contribution in [2.24, 2.45) is 10.7 Å². The van der Waals surface area contributed by atoms with Crippen molar-refractivity contribution < 1.29 is 0 Å². The summed E-state index contributed by atoms with van der Waals surface area (Å²) in [5.41, 5.74) is 12.9. The molecule has 1 aromatic carbocycles. The number of nitrogens with one attached hydrogen (secondary N) is 2. The lowest BCUT2D eigenvalue weighted by molar-refractivity contribution is 0.451. The Kier molecular flexibility index (Phi) is 5.66. The fraction of sp³-hybridized carbons (Fsp3) is 0.250. The minimum absolute atomic E-state index is 0.00570. The van der Waals surface area contributed by atoms with Crippen molar-refractivity contribution in [2.45, 2.75) is 40.4 Å². The molecule has 1 atom stereocenters. The molecule has 0 bridgehead atoms. The summed E-state index contributed by atoms with van der Waals surface area (Å²) in [5, 5.41) is 11.5. The second-order valence-corrected chi connectivity index (χ2v) is 8.14. The van der Waals surface area contributed by atoms with Crippen molar-refractivity contribution in [3.05, 3.63) is 94.9 Å². The van der Waals surface area contributed by atoms with Crippen LogP contribution in [-0.2, 0) is 6.54 Å². The second-order valence-electron chi connectivity index (χ2n) is 8.14. The first-order chi connectivity index (χ1) is 14.9.